The number of nitrogens with one attached hydrogen (secondary N) is 1. The quantitative estimate of drug-likeness (QED) is 0.650. The predicted octanol–water partition coefficient (Wildman–Crippen LogP) is 3.71. The van der Waals surface area contributed by atoms with Crippen molar-refractivity contribution < 1.29 is 9.32 Å². The fraction of sp³-hybridized carbons (Fsp3) is 0.435. The molecule has 9 heteroatoms. The van der Waals surface area contributed by atoms with Gasteiger partial charge in [0.05, 0.1) is 0 Å². The second kappa shape index (κ2) is 8.22. The van der Waals surface area contributed by atoms with E-state index in [-0.39, 0.29) is 17.9 Å². The number of hydrogen-bond acceptors (Lipinski definition) is 8. The second-order valence-corrected chi connectivity index (χ2v) is 8.53. The largest absolute Gasteiger partial charge is 0.354 e. The van der Waals surface area contributed by atoms with Crippen molar-refractivity contribution in [2.45, 2.75) is 45.6 Å². The topological polar surface area (TPSA) is 100 Å². The van der Waals surface area contributed by atoms with E-state index in [0.717, 1.165) is 43.0 Å². The molecule has 0 radical (unpaired) electrons. The first-order valence-corrected chi connectivity index (χ1v) is 11.2. The van der Waals surface area contributed by atoms with Gasteiger partial charge in [-0.05, 0) is 31.9 Å². The van der Waals surface area contributed by atoms with Gasteiger partial charge >= 0.3 is 0 Å². The lowest BCUT2D eigenvalue weighted by Crippen LogP contribution is -2.39. The van der Waals surface area contributed by atoms with Crippen LogP contribution in [0.4, 0.5) is 17.5 Å². The van der Waals surface area contributed by atoms with Crippen LogP contribution in [-0.4, -0.2) is 51.7 Å². The van der Waals surface area contributed by atoms with Crippen LogP contribution in [0.3, 0.4) is 0 Å². The minimum absolute atomic E-state index is 0.0921. The van der Waals surface area contributed by atoms with Crippen molar-refractivity contribution in [3.8, 4) is 11.4 Å². The summed E-state index contributed by atoms with van der Waals surface area (Å²) < 4.78 is 5.37. The third kappa shape index (κ3) is 3.57. The Balaban J connectivity index is 1.53. The monoisotopic (exact) mass is 433 g/mol. The minimum atomic E-state index is -0.0921. The van der Waals surface area contributed by atoms with Gasteiger partial charge in [-0.25, -0.2) is 4.98 Å². The van der Waals surface area contributed by atoms with Crippen LogP contribution in [0.25, 0.3) is 11.4 Å². The minimum Gasteiger partial charge on any atom is -0.354 e. The Labute approximate surface area is 186 Å². The Kier molecular flexibility index (Phi) is 5.24. The van der Waals surface area contributed by atoms with E-state index in [0.29, 0.717) is 29.8 Å². The van der Waals surface area contributed by atoms with Gasteiger partial charge in [0, 0.05) is 49.0 Å². The van der Waals surface area contributed by atoms with E-state index in [4.69, 9.17) is 9.51 Å². The highest BCUT2D eigenvalue weighted by Gasteiger charge is 2.37. The number of nitrogens with zero attached hydrogens (tertiary/aromatic N) is 6. The molecule has 166 valence electrons. The van der Waals surface area contributed by atoms with Crippen LogP contribution in [0, 0.1) is 0 Å². The fourth-order valence-electron chi connectivity index (χ4n) is 4.35. The van der Waals surface area contributed by atoms with Crippen LogP contribution in [0.15, 0.2) is 35.0 Å². The zero-order valence-corrected chi connectivity index (χ0v) is 18.6. The molecule has 1 amide bonds. The zero-order chi connectivity index (χ0) is 22.2. The molecule has 1 N–H and O–H groups in total. The van der Waals surface area contributed by atoms with Crippen molar-refractivity contribution in [1.29, 1.82) is 0 Å². The number of anilines is 3. The molecule has 0 spiro atoms. The normalized spacial score (nSPS) is 18.0. The molecule has 2 aliphatic rings. The summed E-state index contributed by atoms with van der Waals surface area (Å²) in [6.45, 7) is 8.24. The molecule has 1 fully saturated rings. The van der Waals surface area contributed by atoms with E-state index < -0.39 is 0 Å². The molecule has 1 atom stereocenters. The molecular formula is C23H27N7O2. The van der Waals surface area contributed by atoms with E-state index in [1.807, 2.05) is 49.9 Å². The van der Waals surface area contributed by atoms with Gasteiger partial charge in [0.25, 0.3) is 5.91 Å². The maximum absolute atomic E-state index is 13.6. The van der Waals surface area contributed by atoms with Crippen LogP contribution >= 0.6 is 0 Å². The maximum atomic E-state index is 13.6. The fourth-order valence-corrected chi connectivity index (χ4v) is 4.35. The number of aromatic nitrogens is 4. The Morgan fingerprint density at radius 2 is 2.16 bits per heavy atom. The third-order valence-electron chi connectivity index (χ3n) is 5.97. The summed E-state index contributed by atoms with van der Waals surface area (Å²) in [7, 11) is 0. The molecule has 1 saturated heterocycles. The van der Waals surface area contributed by atoms with Crippen LogP contribution in [0.2, 0.25) is 0 Å². The standard InChI is InChI=1S/C23H27N7O2/c1-4-24-23-25-12-18-20(27-23)29-10-6-9-17(29)13-30(22(18)31)16-8-5-7-15(11-16)19-26-21(14(2)3)32-28-19/h5,7-8,11-12,14,17H,4,6,9-10,13H2,1-3H3,(H,24,25,27). The Morgan fingerprint density at radius 1 is 1.28 bits per heavy atom. The molecule has 0 bridgehead atoms. The number of carbonyl (C=O) groups is 1. The van der Waals surface area contributed by atoms with E-state index in [1.165, 1.54) is 0 Å². The highest BCUT2D eigenvalue weighted by Crippen LogP contribution is 2.35. The lowest BCUT2D eigenvalue weighted by atomic mass is 10.1. The molecule has 0 saturated carbocycles. The molecule has 2 aromatic heterocycles. The van der Waals surface area contributed by atoms with Crippen LogP contribution in [-0.2, 0) is 0 Å². The SMILES string of the molecule is CCNc1ncc2c(n1)N1CCCC1CN(c1cccc(-c3noc(C(C)C)n3)c1)C2=O. The van der Waals surface area contributed by atoms with Gasteiger partial charge in [0.2, 0.25) is 17.7 Å². The van der Waals surface area contributed by atoms with E-state index in [9.17, 15) is 4.79 Å². The molecule has 4 heterocycles. The highest BCUT2D eigenvalue weighted by molar-refractivity contribution is 6.10. The first-order valence-electron chi connectivity index (χ1n) is 11.2. The Bertz CT molecular complexity index is 1140. The van der Waals surface area contributed by atoms with Crippen molar-refractivity contribution in [2.75, 3.05) is 34.8 Å². The summed E-state index contributed by atoms with van der Waals surface area (Å²) in [5.41, 5.74) is 2.15. The molecule has 1 unspecified atom stereocenters. The van der Waals surface area contributed by atoms with E-state index >= 15 is 0 Å². The van der Waals surface area contributed by atoms with Crippen LogP contribution in [0.1, 0.15) is 55.8 Å². The molecular weight excluding hydrogens is 406 g/mol. The molecule has 32 heavy (non-hydrogen) atoms. The third-order valence-corrected chi connectivity index (χ3v) is 5.97. The Morgan fingerprint density at radius 3 is 2.94 bits per heavy atom. The van der Waals surface area contributed by atoms with Gasteiger partial charge in [-0.15, -0.1) is 0 Å². The number of benzene rings is 1. The number of amides is 1. The summed E-state index contributed by atoms with van der Waals surface area (Å²) in [5, 5.41) is 7.28. The zero-order valence-electron chi connectivity index (χ0n) is 18.6. The second-order valence-electron chi connectivity index (χ2n) is 8.53. The Hall–Kier alpha value is -3.49. The highest BCUT2D eigenvalue weighted by atomic mass is 16.5. The smallest absolute Gasteiger partial charge is 0.263 e. The van der Waals surface area contributed by atoms with Gasteiger partial charge in [-0.1, -0.05) is 31.1 Å². The number of rotatable bonds is 5. The molecule has 9 nitrogen and oxygen atoms in total. The summed E-state index contributed by atoms with van der Waals surface area (Å²) >= 11 is 0. The van der Waals surface area contributed by atoms with Crippen LogP contribution < -0.4 is 15.1 Å². The number of hydrogen-bond donors (Lipinski definition) is 1. The van der Waals surface area contributed by atoms with Gasteiger partial charge < -0.3 is 19.6 Å². The van der Waals surface area contributed by atoms with Crippen molar-refractivity contribution in [2.24, 2.45) is 0 Å². The van der Waals surface area contributed by atoms with Crippen molar-refractivity contribution >= 4 is 23.4 Å². The number of fused-ring (bicyclic) bond motifs is 3. The summed E-state index contributed by atoms with van der Waals surface area (Å²) in [5.74, 6) is 2.47. The average molecular weight is 434 g/mol. The van der Waals surface area contributed by atoms with Gasteiger partial charge in [0.1, 0.15) is 11.4 Å². The molecule has 3 aromatic rings. The molecule has 1 aromatic carbocycles. The summed E-state index contributed by atoms with van der Waals surface area (Å²) in [6.07, 6.45) is 3.74. The van der Waals surface area contributed by atoms with Gasteiger partial charge in [-0.3, -0.25) is 4.79 Å². The molecule has 0 aliphatic carbocycles. The van der Waals surface area contributed by atoms with Gasteiger partial charge in [-0.2, -0.15) is 9.97 Å². The average Bonchev–Trinajstić information content (AvgIpc) is 3.45. The summed E-state index contributed by atoms with van der Waals surface area (Å²) in [4.78, 5) is 31.3. The van der Waals surface area contributed by atoms with Gasteiger partial charge in [0.15, 0.2) is 0 Å². The first kappa shape index (κ1) is 20.4. The van der Waals surface area contributed by atoms with Crippen molar-refractivity contribution in [1.82, 2.24) is 20.1 Å². The van der Waals surface area contributed by atoms with Crippen LogP contribution in [0.5, 0.6) is 0 Å². The first-order chi connectivity index (χ1) is 15.5. The van der Waals surface area contributed by atoms with E-state index in [1.54, 1.807) is 6.20 Å². The molecule has 2 aliphatic heterocycles. The van der Waals surface area contributed by atoms with Crippen molar-refractivity contribution in [3.63, 3.8) is 0 Å². The van der Waals surface area contributed by atoms with Crippen molar-refractivity contribution in [3.05, 3.63) is 41.9 Å². The van der Waals surface area contributed by atoms with E-state index in [2.05, 4.69) is 25.3 Å². The summed E-state index contributed by atoms with van der Waals surface area (Å²) in [6, 6.07) is 7.97. The number of carbonyl (C=O) groups excluding carboxylic acids is 1. The lowest BCUT2D eigenvalue weighted by molar-refractivity contribution is 0.0988. The maximum Gasteiger partial charge on any atom is 0.263 e. The lowest BCUT2D eigenvalue weighted by Gasteiger charge is -2.27. The molecule has 5 rings (SSSR count). The predicted molar refractivity (Wildman–Crippen MR) is 122 cm³/mol.